The van der Waals surface area contributed by atoms with Crippen LogP contribution >= 0.6 is 31.9 Å². The van der Waals surface area contributed by atoms with Crippen LogP contribution in [0.25, 0.3) is 0 Å². The molecule has 0 radical (unpaired) electrons. The van der Waals surface area contributed by atoms with Gasteiger partial charge in [0.25, 0.3) is 0 Å². The van der Waals surface area contributed by atoms with Crippen molar-refractivity contribution in [1.29, 1.82) is 0 Å². The van der Waals surface area contributed by atoms with Gasteiger partial charge in [-0.2, -0.15) is 0 Å². The monoisotopic (exact) mass is 421 g/mol. The average Bonchev–Trinajstić information content (AvgIpc) is 2.57. The van der Waals surface area contributed by atoms with Gasteiger partial charge < -0.3 is 5.32 Å². The first-order chi connectivity index (χ1) is 10.7. The number of benzene rings is 2. The molecule has 3 heteroatoms. The molecule has 2 aromatic rings. The van der Waals surface area contributed by atoms with E-state index >= 15 is 0 Å². The Morgan fingerprint density at radius 3 is 2.36 bits per heavy atom. The number of rotatable bonds is 4. The fourth-order valence-electron chi connectivity index (χ4n) is 3.17. The molecule has 0 aromatic heterocycles. The van der Waals surface area contributed by atoms with Gasteiger partial charge in [0.2, 0.25) is 0 Å². The summed E-state index contributed by atoms with van der Waals surface area (Å²) >= 11 is 7.10. The van der Waals surface area contributed by atoms with Crippen molar-refractivity contribution in [2.75, 3.05) is 5.32 Å². The molecule has 0 saturated heterocycles. The quantitative estimate of drug-likeness (QED) is 0.566. The first kappa shape index (κ1) is 16.1. The molecule has 1 nitrogen and oxygen atoms in total. The first-order valence-electron chi connectivity index (χ1n) is 8.00. The van der Waals surface area contributed by atoms with Crippen LogP contribution in [0, 0.1) is 0 Å². The lowest BCUT2D eigenvalue weighted by Crippen LogP contribution is -2.05. The predicted molar refractivity (Wildman–Crippen MR) is 101 cm³/mol. The van der Waals surface area contributed by atoms with Crippen LogP contribution in [0.5, 0.6) is 0 Å². The van der Waals surface area contributed by atoms with Gasteiger partial charge in [-0.1, -0.05) is 59.5 Å². The highest BCUT2D eigenvalue weighted by Crippen LogP contribution is 2.32. The molecule has 1 aliphatic carbocycles. The third-order valence-electron chi connectivity index (χ3n) is 4.47. The Balaban J connectivity index is 1.62. The minimum Gasteiger partial charge on any atom is -0.380 e. The summed E-state index contributed by atoms with van der Waals surface area (Å²) in [5.74, 6) is 0.787. The first-order valence-corrected chi connectivity index (χ1v) is 9.59. The van der Waals surface area contributed by atoms with E-state index in [0.717, 1.165) is 27.1 Å². The maximum Gasteiger partial charge on any atom is 0.0498 e. The second-order valence-corrected chi connectivity index (χ2v) is 7.82. The summed E-state index contributed by atoms with van der Waals surface area (Å²) in [4.78, 5) is 0. The van der Waals surface area contributed by atoms with Gasteiger partial charge in [-0.15, -0.1) is 0 Å². The van der Waals surface area contributed by atoms with Crippen LogP contribution in [-0.4, -0.2) is 0 Å². The second-order valence-electron chi connectivity index (χ2n) is 6.05. The Kier molecular flexibility index (Phi) is 5.59. The molecular weight excluding hydrogens is 402 g/mol. The lowest BCUT2D eigenvalue weighted by molar-refractivity contribution is 0.443. The van der Waals surface area contributed by atoms with Crippen molar-refractivity contribution in [3.8, 4) is 0 Å². The van der Waals surface area contributed by atoms with E-state index in [2.05, 4.69) is 73.6 Å². The van der Waals surface area contributed by atoms with E-state index in [9.17, 15) is 0 Å². The SMILES string of the molecule is Brc1ccc(Br)c(NCc2ccc(C3CCCCC3)cc2)c1. The molecular formula is C19H21Br2N. The van der Waals surface area contributed by atoms with E-state index < -0.39 is 0 Å². The van der Waals surface area contributed by atoms with Crippen molar-refractivity contribution in [3.63, 3.8) is 0 Å². The molecule has 22 heavy (non-hydrogen) atoms. The van der Waals surface area contributed by atoms with E-state index in [1.807, 2.05) is 6.07 Å². The van der Waals surface area contributed by atoms with Crippen LogP contribution in [0.15, 0.2) is 51.4 Å². The molecule has 0 spiro atoms. The summed E-state index contributed by atoms with van der Waals surface area (Å²) in [6, 6.07) is 15.4. The highest BCUT2D eigenvalue weighted by Gasteiger charge is 2.14. The molecule has 116 valence electrons. The van der Waals surface area contributed by atoms with E-state index in [1.165, 1.54) is 43.2 Å². The lowest BCUT2D eigenvalue weighted by atomic mass is 9.84. The Bertz CT molecular complexity index is 616. The minimum atomic E-state index is 0.787. The van der Waals surface area contributed by atoms with Crippen LogP contribution in [0.3, 0.4) is 0 Å². The van der Waals surface area contributed by atoms with E-state index in [0.29, 0.717) is 0 Å². The van der Waals surface area contributed by atoms with Crippen molar-refractivity contribution in [2.45, 2.75) is 44.6 Å². The molecule has 0 atom stereocenters. The van der Waals surface area contributed by atoms with Gasteiger partial charge in [-0.25, -0.2) is 0 Å². The van der Waals surface area contributed by atoms with Crippen LogP contribution in [0.4, 0.5) is 5.69 Å². The average molecular weight is 423 g/mol. The summed E-state index contributed by atoms with van der Waals surface area (Å²) in [6.07, 6.45) is 6.93. The van der Waals surface area contributed by atoms with E-state index in [-0.39, 0.29) is 0 Å². The van der Waals surface area contributed by atoms with Gasteiger partial charge in [-0.05, 0) is 64.0 Å². The largest absolute Gasteiger partial charge is 0.380 e. The van der Waals surface area contributed by atoms with Crippen molar-refractivity contribution in [1.82, 2.24) is 0 Å². The van der Waals surface area contributed by atoms with Crippen LogP contribution in [0.2, 0.25) is 0 Å². The minimum absolute atomic E-state index is 0.787. The van der Waals surface area contributed by atoms with Crippen molar-refractivity contribution >= 4 is 37.5 Å². The zero-order chi connectivity index (χ0) is 15.4. The lowest BCUT2D eigenvalue weighted by Gasteiger charge is -2.22. The maximum atomic E-state index is 3.58. The Labute approximate surface area is 149 Å². The number of hydrogen-bond donors (Lipinski definition) is 1. The standard InChI is InChI=1S/C19H21Br2N/c20-17-10-11-18(21)19(12-17)22-13-14-6-8-16(9-7-14)15-4-2-1-3-5-15/h6-12,15,22H,1-5,13H2. The summed E-state index contributed by atoms with van der Waals surface area (Å²) in [5, 5.41) is 3.49. The second kappa shape index (κ2) is 7.65. The maximum absolute atomic E-state index is 3.58. The zero-order valence-electron chi connectivity index (χ0n) is 12.6. The number of nitrogens with one attached hydrogen (secondary N) is 1. The highest BCUT2D eigenvalue weighted by atomic mass is 79.9. The van der Waals surface area contributed by atoms with Crippen LogP contribution in [0.1, 0.15) is 49.1 Å². The molecule has 0 heterocycles. The predicted octanol–water partition coefficient (Wildman–Crippen LogP) is 6.87. The molecule has 1 fully saturated rings. The van der Waals surface area contributed by atoms with Crippen molar-refractivity contribution in [3.05, 3.63) is 62.5 Å². The van der Waals surface area contributed by atoms with Crippen LogP contribution < -0.4 is 5.32 Å². The Morgan fingerprint density at radius 1 is 0.909 bits per heavy atom. The van der Waals surface area contributed by atoms with Crippen molar-refractivity contribution in [2.24, 2.45) is 0 Å². The van der Waals surface area contributed by atoms with Gasteiger partial charge in [0, 0.05) is 21.2 Å². The van der Waals surface area contributed by atoms with Gasteiger partial charge in [0.1, 0.15) is 0 Å². The van der Waals surface area contributed by atoms with E-state index in [1.54, 1.807) is 0 Å². The molecule has 1 saturated carbocycles. The molecule has 0 aliphatic heterocycles. The summed E-state index contributed by atoms with van der Waals surface area (Å²) in [6.45, 7) is 0.847. The summed E-state index contributed by atoms with van der Waals surface area (Å²) in [7, 11) is 0. The van der Waals surface area contributed by atoms with Gasteiger partial charge in [-0.3, -0.25) is 0 Å². The molecule has 1 N–H and O–H groups in total. The number of halogens is 2. The molecule has 0 unspecified atom stereocenters. The van der Waals surface area contributed by atoms with Gasteiger partial charge >= 0.3 is 0 Å². The molecule has 0 bridgehead atoms. The molecule has 3 rings (SSSR count). The molecule has 2 aromatic carbocycles. The fourth-order valence-corrected chi connectivity index (χ4v) is 3.92. The molecule has 0 amide bonds. The van der Waals surface area contributed by atoms with Crippen LogP contribution in [-0.2, 0) is 6.54 Å². The van der Waals surface area contributed by atoms with Gasteiger partial charge in [0.05, 0.1) is 0 Å². The molecule has 1 aliphatic rings. The zero-order valence-corrected chi connectivity index (χ0v) is 15.8. The topological polar surface area (TPSA) is 12.0 Å². The van der Waals surface area contributed by atoms with E-state index in [4.69, 9.17) is 0 Å². The summed E-state index contributed by atoms with van der Waals surface area (Å²) in [5.41, 5.74) is 3.96. The smallest absolute Gasteiger partial charge is 0.0498 e. The van der Waals surface area contributed by atoms with Gasteiger partial charge in [0.15, 0.2) is 0 Å². The van der Waals surface area contributed by atoms with Crippen molar-refractivity contribution < 1.29 is 0 Å². The number of hydrogen-bond acceptors (Lipinski definition) is 1. The number of anilines is 1. The normalized spacial score (nSPS) is 15.7. The fraction of sp³-hybridized carbons (Fsp3) is 0.368. The highest BCUT2D eigenvalue weighted by molar-refractivity contribution is 9.11. The Hall–Kier alpha value is -0.800. The summed E-state index contributed by atoms with van der Waals surface area (Å²) < 4.78 is 2.18. The third kappa shape index (κ3) is 4.14. The Morgan fingerprint density at radius 2 is 1.64 bits per heavy atom. The third-order valence-corrected chi connectivity index (χ3v) is 5.65.